The lowest BCUT2D eigenvalue weighted by Crippen LogP contribution is -2.38. The maximum absolute atomic E-state index is 4.42. The number of nitrogens with one attached hydrogen (secondary N) is 2. The third-order valence-corrected chi connectivity index (χ3v) is 5.28. The van der Waals surface area contributed by atoms with E-state index in [9.17, 15) is 0 Å². The summed E-state index contributed by atoms with van der Waals surface area (Å²) in [7, 11) is 1.80. The van der Waals surface area contributed by atoms with Crippen molar-refractivity contribution >= 4 is 17.3 Å². The minimum atomic E-state index is 0.459. The highest BCUT2D eigenvalue weighted by Gasteiger charge is 2.07. The third kappa shape index (κ3) is 4.92. The molecule has 1 aromatic carbocycles. The highest BCUT2D eigenvalue weighted by molar-refractivity contribution is 7.10. The third-order valence-electron chi connectivity index (χ3n) is 4.18. The fourth-order valence-electron chi connectivity index (χ4n) is 2.70. The molecule has 134 valence electrons. The Labute approximate surface area is 159 Å². The minimum absolute atomic E-state index is 0.459. The molecule has 5 heteroatoms. The van der Waals surface area contributed by atoms with Crippen molar-refractivity contribution in [3.8, 4) is 11.3 Å². The fraction of sp³-hybridized carbons (Fsp3) is 0.238. The molecule has 2 aromatic heterocycles. The molecule has 0 aliphatic heterocycles. The first-order chi connectivity index (χ1) is 12.8. The predicted octanol–water partition coefficient (Wildman–Crippen LogP) is 4.28. The van der Waals surface area contributed by atoms with Crippen LogP contribution in [0.15, 0.2) is 71.2 Å². The number of rotatable bonds is 6. The number of nitrogens with zero attached hydrogens (tertiary/aromatic N) is 2. The molecule has 0 saturated heterocycles. The molecule has 0 aliphatic rings. The Morgan fingerprint density at radius 1 is 1.12 bits per heavy atom. The van der Waals surface area contributed by atoms with Crippen LogP contribution in [-0.2, 0) is 6.54 Å². The number of pyridine rings is 1. The van der Waals surface area contributed by atoms with Crippen molar-refractivity contribution in [1.82, 2.24) is 15.6 Å². The lowest BCUT2D eigenvalue weighted by molar-refractivity contribution is 0.708. The van der Waals surface area contributed by atoms with Gasteiger partial charge in [0.25, 0.3) is 0 Å². The van der Waals surface area contributed by atoms with Crippen LogP contribution in [0, 0.1) is 0 Å². The molecule has 0 amide bonds. The zero-order chi connectivity index (χ0) is 18.2. The zero-order valence-corrected chi connectivity index (χ0v) is 16.0. The maximum atomic E-state index is 4.42. The Kier molecular flexibility index (Phi) is 6.39. The van der Waals surface area contributed by atoms with E-state index in [2.05, 4.69) is 69.3 Å². The van der Waals surface area contributed by atoms with Crippen LogP contribution in [-0.4, -0.2) is 24.5 Å². The van der Waals surface area contributed by atoms with Crippen molar-refractivity contribution in [2.24, 2.45) is 4.99 Å². The first kappa shape index (κ1) is 18.1. The molecule has 1 atom stereocenters. The molecule has 0 spiro atoms. The van der Waals surface area contributed by atoms with Gasteiger partial charge in [-0.3, -0.25) is 9.98 Å². The van der Waals surface area contributed by atoms with Gasteiger partial charge < -0.3 is 10.6 Å². The largest absolute Gasteiger partial charge is 0.356 e. The fourth-order valence-corrected chi connectivity index (χ4v) is 3.49. The van der Waals surface area contributed by atoms with Gasteiger partial charge in [0.05, 0.1) is 5.69 Å². The van der Waals surface area contributed by atoms with Crippen LogP contribution in [0.25, 0.3) is 11.3 Å². The maximum Gasteiger partial charge on any atom is 0.191 e. The molecule has 0 aliphatic carbocycles. The second kappa shape index (κ2) is 9.15. The molecule has 26 heavy (non-hydrogen) atoms. The van der Waals surface area contributed by atoms with E-state index in [1.165, 1.54) is 10.4 Å². The highest BCUT2D eigenvalue weighted by Crippen LogP contribution is 2.20. The van der Waals surface area contributed by atoms with Gasteiger partial charge in [-0.15, -0.1) is 11.3 Å². The van der Waals surface area contributed by atoms with E-state index in [0.29, 0.717) is 12.5 Å². The smallest absolute Gasteiger partial charge is 0.191 e. The molecular weight excluding hydrogens is 340 g/mol. The molecular formula is C21H24N4S. The van der Waals surface area contributed by atoms with E-state index >= 15 is 0 Å². The molecule has 0 bridgehead atoms. The van der Waals surface area contributed by atoms with Gasteiger partial charge in [-0.2, -0.15) is 0 Å². The molecule has 3 rings (SSSR count). The van der Waals surface area contributed by atoms with E-state index in [1.807, 2.05) is 24.4 Å². The number of thiophene rings is 1. The molecule has 3 aromatic rings. The summed E-state index contributed by atoms with van der Waals surface area (Å²) in [6, 6.07) is 18.7. The number of guanidine groups is 1. The topological polar surface area (TPSA) is 49.3 Å². The van der Waals surface area contributed by atoms with Gasteiger partial charge in [0.2, 0.25) is 0 Å². The summed E-state index contributed by atoms with van der Waals surface area (Å²) in [6.07, 6.45) is 1.82. The van der Waals surface area contributed by atoms with Crippen molar-refractivity contribution in [3.05, 3.63) is 76.6 Å². The first-order valence-corrected chi connectivity index (χ1v) is 9.62. The van der Waals surface area contributed by atoms with Crippen molar-refractivity contribution in [2.45, 2.75) is 19.4 Å². The Morgan fingerprint density at radius 3 is 2.77 bits per heavy atom. The van der Waals surface area contributed by atoms with Crippen LogP contribution < -0.4 is 10.6 Å². The standard InChI is InChI=1S/C21H24N4S/c1-16(20-10-6-12-26-20)14-24-21(22-2)25-15-17-7-5-8-18(13-17)19-9-3-4-11-23-19/h3-13,16H,14-15H2,1-2H3,(H2,22,24,25). The molecule has 1 unspecified atom stereocenters. The van der Waals surface area contributed by atoms with Gasteiger partial charge in [-0.1, -0.05) is 37.3 Å². The zero-order valence-electron chi connectivity index (χ0n) is 15.1. The lowest BCUT2D eigenvalue weighted by atomic mass is 10.1. The molecule has 2 N–H and O–H groups in total. The SMILES string of the molecule is CN=C(NCc1cccc(-c2ccccn2)c1)NCC(C)c1cccs1. The molecule has 0 saturated carbocycles. The van der Waals surface area contributed by atoms with Gasteiger partial charge in [-0.05, 0) is 35.2 Å². The molecule has 4 nitrogen and oxygen atoms in total. The van der Waals surface area contributed by atoms with E-state index in [4.69, 9.17) is 0 Å². The average Bonchev–Trinajstić information content (AvgIpc) is 3.24. The van der Waals surface area contributed by atoms with Crippen LogP contribution in [0.4, 0.5) is 0 Å². The van der Waals surface area contributed by atoms with Gasteiger partial charge in [0.15, 0.2) is 5.96 Å². The first-order valence-electron chi connectivity index (χ1n) is 8.74. The van der Waals surface area contributed by atoms with Gasteiger partial charge in [0, 0.05) is 42.7 Å². The normalized spacial score (nSPS) is 12.6. The van der Waals surface area contributed by atoms with Gasteiger partial charge in [-0.25, -0.2) is 0 Å². The highest BCUT2D eigenvalue weighted by atomic mass is 32.1. The van der Waals surface area contributed by atoms with Crippen LogP contribution in [0.1, 0.15) is 23.3 Å². The Morgan fingerprint density at radius 2 is 2.04 bits per heavy atom. The molecule has 0 radical (unpaired) electrons. The summed E-state index contributed by atoms with van der Waals surface area (Å²) < 4.78 is 0. The number of hydrogen-bond acceptors (Lipinski definition) is 3. The number of benzene rings is 1. The number of aromatic nitrogens is 1. The second-order valence-corrected chi connectivity index (χ2v) is 7.12. The molecule has 0 fully saturated rings. The van der Waals surface area contributed by atoms with Gasteiger partial charge in [0.1, 0.15) is 0 Å². The van der Waals surface area contributed by atoms with E-state index < -0.39 is 0 Å². The van der Waals surface area contributed by atoms with Crippen molar-refractivity contribution in [3.63, 3.8) is 0 Å². The van der Waals surface area contributed by atoms with Crippen LogP contribution in [0.5, 0.6) is 0 Å². The average molecular weight is 365 g/mol. The minimum Gasteiger partial charge on any atom is -0.356 e. The summed E-state index contributed by atoms with van der Waals surface area (Å²) in [5, 5.41) is 8.91. The Hall–Kier alpha value is -2.66. The lowest BCUT2D eigenvalue weighted by Gasteiger charge is -2.15. The predicted molar refractivity (Wildman–Crippen MR) is 111 cm³/mol. The second-order valence-electron chi connectivity index (χ2n) is 6.14. The van der Waals surface area contributed by atoms with Crippen molar-refractivity contribution in [1.29, 1.82) is 0 Å². The summed E-state index contributed by atoms with van der Waals surface area (Å²) in [4.78, 5) is 10.1. The van der Waals surface area contributed by atoms with Crippen LogP contribution >= 0.6 is 11.3 Å². The van der Waals surface area contributed by atoms with Gasteiger partial charge >= 0.3 is 0 Å². The summed E-state index contributed by atoms with van der Waals surface area (Å²) in [6.45, 7) is 3.80. The number of hydrogen-bond donors (Lipinski definition) is 2. The summed E-state index contributed by atoms with van der Waals surface area (Å²) >= 11 is 1.79. The Bertz CT molecular complexity index is 828. The Balaban J connectivity index is 1.55. The number of aliphatic imine (C=N–C) groups is 1. The quantitative estimate of drug-likeness (QED) is 0.507. The van der Waals surface area contributed by atoms with Crippen LogP contribution in [0.3, 0.4) is 0 Å². The molecule has 2 heterocycles. The van der Waals surface area contributed by atoms with Crippen molar-refractivity contribution < 1.29 is 0 Å². The van der Waals surface area contributed by atoms with E-state index in [0.717, 1.165) is 23.8 Å². The van der Waals surface area contributed by atoms with Crippen LogP contribution in [0.2, 0.25) is 0 Å². The van der Waals surface area contributed by atoms with E-state index in [1.54, 1.807) is 18.4 Å². The monoisotopic (exact) mass is 364 g/mol. The summed E-state index contributed by atoms with van der Waals surface area (Å²) in [5.74, 6) is 1.28. The summed E-state index contributed by atoms with van der Waals surface area (Å²) in [5.41, 5.74) is 3.31. The van der Waals surface area contributed by atoms with Crippen molar-refractivity contribution in [2.75, 3.05) is 13.6 Å². The van der Waals surface area contributed by atoms with E-state index in [-0.39, 0.29) is 0 Å².